The van der Waals surface area contributed by atoms with E-state index in [1.54, 1.807) is 7.11 Å². The van der Waals surface area contributed by atoms with Crippen LogP contribution in [-0.2, 0) is 10.2 Å². The van der Waals surface area contributed by atoms with Gasteiger partial charge in [0.05, 0.1) is 5.76 Å². The van der Waals surface area contributed by atoms with Crippen molar-refractivity contribution in [3.8, 4) is 0 Å². The number of nitrogens with zero attached hydrogens (tertiary/aromatic N) is 1. The van der Waals surface area contributed by atoms with Crippen molar-refractivity contribution in [2.45, 2.75) is 57.9 Å². The number of fused-ring (bicyclic) bond motifs is 2. The average Bonchev–Trinajstić information content (AvgIpc) is 2.69. The minimum absolute atomic E-state index is 0.0661. The molecule has 30 heavy (non-hydrogen) atoms. The molecule has 0 saturated heterocycles. The van der Waals surface area contributed by atoms with Crippen molar-refractivity contribution in [3.63, 3.8) is 0 Å². The summed E-state index contributed by atoms with van der Waals surface area (Å²) in [5.74, 6) is 0.424. The highest BCUT2D eigenvalue weighted by Gasteiger charge is 2.43. The summed E-state index contributed by atoms with van der Waals surface area (Å²) < 4.78 is 5.45. The molecule has 2 N–H and O–H groups in total. The normalized spacial score (nSPS) is 23.4. The van der Waals surface area contributed by atoms with Crippen LogP contribution in [0.2, 0.25) is 0 Å². The lowest BCUT2D eigenvalue weighted by Crippen LogP contribution is -2.43. The number of allylic oxidation sites excluding steroid dienone is 3. The summed E-state index contributed by atoms with van der Waals surface area (Å²) in [6.07, 6.45) is 7.49. The van der Waals surface area contributed by atoms with Gasteiger partial charge in [-0.25, -0.2) is 0 Å². The molecule has 1 aliphatic carbocycles. The van der Waals surface area contributed by atoms with Crippen molar-refractivity contribution in [2.24, 2.45) is 0 Å². The molecule has 4 nitrogen and oxygen atoms in total. The number of pyridine rings is 1. The van der Waals surface area contributed by atoms with E-state index in [0.717, 1.165) is 6.42 Å². The molecule has 1 aromatic heterocycles. The highest BCUT2D eigenvalue weighted by Crippen LogP contribution is 2.53. The van der Waals surface area contributed by atoms with Crippen LogP contribution in [0.15, 0.2) is 54.1 Å². The second-order valence-corrected chi connectivity index (χ2v) is 9.05. The molecule has 0 spiro atoms. The van der Waals surface area contributed by atoms with Gasteiger partial charge in [-0.1, -0.05) is 26.5 Å². The third kappa shape index (κ3) is 3.05. The van der Waals surface area contributed by atoms with E-state index in [0.29, 0.717) is 13.0 Å². The predicted molar refractivity (Wildman–Crippen MR) is 124 cm³/mol. The molecule has 0 radical (unpaired) electrons. The van der Waals surface area contributed by atoms with Gasteiger partial charge in [0.25, 0.3) is 0 Å². The third-order valence-electron chi connectivity index (χ3n) is 6.89. The Labute approximate surface area is 179 Å². The zero-order valence-corrected chi connectivity index (χ0v) is 18.7. The molecule has 2 heterocycles. The van der Waals surface area contributed by atoms with Gasteiger partial charge in [0.2, 0.25) is 0 Å². The van der Waals surface area contributed by atoms with Crippen molar-refractivity contribution in [2.75, 3.05) is 13.7 Å². The number of aliphatic hydroxyl groups excluding tert-OH is 1. The second kappa shape index (κ2) is 7.59. The molecule has 1 aliphatic heterocycles. The first kappa shape index (κ1) is 20.7. The number of ether oxygens (including phenoxy) is 1. The standard InChI is InChI=1S/C26H32N2O2/c1-7-21-16(3)25-23-20(19(9-11-30-6)22(28-25)12-15(2)29)13-17-14-27-10-8-18(17)24(23)26(21,4)5/h7-8,10,13-14,19,22,28-29H,2,9,11-12H2,1,3-6H3/b21-7+. The van der Waals surface area contributed by atoms with Crippen molar-refractivity contribution in [1.82, 2.24) is 10.3 Å². The van der Waals surface area contributed by atoms with Crippen LogP contribution in [0.5, 0.6) is 0 Å². The minimum atomic E-state index is -0.117. The lowest BCUT2D eigenvalue weighted by molar-refractivity contribution is 0.180. The number of rotatable bonds is 5. The number of nitrogens with one attached hydrogen (secondary N) is 1. The molecule has 0 fully saturated rings. The highest BCUT2D eigenvalue weighted by molar-refractivity contribution is 5.96. The zero-order valence-electron chi connectivity index (χ0n) is 18.7. The summed E-state index contributed by atoms with van der Waals surface area (Å²) in [4.78, 5) is 4.41. The number of aliphatic hydroxyl groups is 1. The molecule has 2 aliphatic rings. The first-order chi connectivity index (χ1) is 14.3. The van der Waals surface area contributed by atoms with Crippen molar-refractivity contribution < 1.29 is 9.84 Å². The maximum atomic E-state index is 10.0. The first-order valence-electron chi connectivity index (χ1n) is 10.7. The van der Waals surface area contributed by atoms with E-state index in [1.165, 1.54) is 44.3 Å². The topological polar surface area (TPSA) is 54.4 Å². The molecule has 0 bridgehead atoms. The smallest absolute Gasteiger partial charge is 0.0871 e. The molecule has 2 aromatic rings. The third-order valence-corrected chi connectivity index (χ3v) is 6.89. The van der Waals surface area contributed by atoms with Gasteiger partial charge in [0.15, 0.2) is 0 Å². The van der Waals surface area contributed by atoms with Crippen LogP contribution in [0.25, 0.3) is 16.5 Å². The molecule has 158 valence electrons. The Balaban J connectivity index is 2.09. The largest absolute Gasteiger partial charge is 0.513 e. The van der Waals surface area contributed by atoms with Crippen molar-refractivity contribution in [1.29, 1.82) is 0 Å². The van der Waals surface area contributed by atoms with Gasteiger partial charge in [-0.2, -0.15) is 0 Å². The van der Waals surface area contributed by atoms with Crippen LogP contribution in [0.3, 0.4) is 0 Å². The van der Waals surface area contributed by atoms with Crippen LogP contribution in [-0.4, -0.2) is 29.8 Å². The van der Waals surface area contributed by atoms with Gasteiger partial charge in [-0.05, 0) is 60.1 Å². The van der Waals surface area contributed by atoms with Crippen LogP contribution in [0, 0.1) is 0 Å². The Morgan fingerprint density at radius 2 is 2.17 bits per heavy atom. The molecular formula is C26H32N2O2. The maximum Gasteiger partial charge on any atom is 0.0871 e. The van der Waals surface area contributed by atoms with E-state index in [9.17, 15) is 5.11 Å². The van der Waals surface area contributed by atoms with Crippen molar-refractivity contribution in [3.05, 3.63) is 70.8 Å². The molecule has 0 amide bonds. The molecule has 4 heteroatoms. The summed E-state index contributed by atoms with van der Waals surface area (Å²) in [7, 11) is 1.74. The fraction of sp³-hybridized carbons (Fsp3) is 0.423. The van der Waals surface area contributed by atoms with Gasteiger partial charge in [0, 0.05) is 66.6 Å². The van der Waals surface area contributed by atoms with E-state index in [2.05, 4.69) is 62.8 Å². The first-order valence-corrected chi connectivity index (χ1v) is 10.7. The summed E-state index contributed by atoms with van der Waals surface area (Å²) >= 11 is 0. The van der Waals surface area contributed by atoms with E-state index in [-0.39, 0.29) is 23.1 Å². The zero-order chi connectivity index (χ0) is 21.6. The second-order valence-electron chi connectivity index (χ2n) is 9.05. The van der Waals surface area contributed by atoms with Crippen LogP contribution < -0.4 is 5.32 Å². The average molecular weight is 405 g/mol. The SMILES string of the molecule is C=C(O)CC1NC2=C(C)/C(=C\C)C(C)(C)c3c2c(cc2cnccc32)C1CCOC. The fourth-order valence-electron chi connectivity index (χ4n) is 5.71. The molecule has 1 aromatic carbocycles. The predicted octanol–water partition coefficient (Wildman–Crippen LogP) is 5.76. The maximum absolute atomic E-state index is 10.0. The van der Waals surface area contributed by atoms with Gasteiger partial charge >= 0.3 is 0 Å². The van der Waals surface area contributed by atoms with Crippen molar-refractivity contribution >= 4 is 16.5 Å². The number of methoxy groups -OCH3 is 1. The van der Waals surface area contributed by atoms with E-state index < -0.39 is 0 Å². The monoisotopic (exact) mass is 404 g/mol. The lowest BCUT2D eigenvalue weighted by atomic mass is 9.63. The van der Waals surface area contributed by atoms with E-state index in [4.69, 9.17) is 4.74 Å². The van der Waals surface area contributed by atoms with E-state index >= 15 is 0 Å². The minimum Gasteiger partial charge on any atom is -0.513 e. The van der Waals surface area contributed by atoms with Crippen LogP contribution in [0.4, 0.5) is 0 Å². The molecule has 4 rings (SSSR count). The summed E-state index contributed by atoms with van der Waals surface area (Å²) in [6.45, 7) is 13.4. The number of hydrogen-bond donors (Lipinski definition) is 2. The Kier molecular flexibility index (Phi) is 5.23. The van der Waals surface area contributed by atoms with Gasteiger partial charge in [-0.15, -0.1) is 0 Å². The van der Waals surface area contributed by atoms with E-state index in [1.807, 2.05) is 12.4 Å². The van der Waals surface area contributed by atoms with Gasteiger partial charge in [0.1, 0.15) is 0 Å². The molecule has 2 atom stereocenters. The Bertz CT molecular complexity index is 1080. The quantitative estimate of drug-likeness (QED) is 0.622. The summed E-state index contributed by atoms with van der Waals surface area (Å²) in [5.41, 5.74) is 7.70. The van der Waals surface area contributed by atoms with Crippen LogP contribution >= 0.6 is 0 Å². The van der Waals surface area contributed by atoms with Crippen LogP contribution in [0.1, 0.15) is 63.1 Å². The summed E-state index contributed by atoms with van der Waals surface area (Å²) in [5, 5.41) is 16.3. The van der Waals surface area contributed by atoms with Gasteiger partial charge in [-0.3, -0.25) is 4.98 Å². The highest BCUT2D eigenvalue weighted by atomic mass is 16.5. The fourth-order valence-corrected chi connectivity index (χ4v) is 5.71. The Morgan fingerprint density at radius 3 is 2.83 bits per heavy atom. The molecule has 2 unspecified atom stereocenters. The molecular weight excluding hydrogens is 372 g/mol. The number of aromatic nitrogens is 1. The number of benzene rings is 1. The number of hydrogen-bond acceptors (Lipinski definition) is 4. The summed E-state index contributed by atoms with van der Waals surface area (Å²) in [6, 6.07) is 4.51. The lowest BCUT2D eigenvalue weighted by Gasteiger charge is -2.46. The Morgan fingerprint density at radius 1 is 1.40 bits per heavy atom. The molecule has 0 saturated carbocycles. The Hall–Kier alpha value is -2.59. The van der Waals surface area contributed by atoms with Gasteiger partial charge < -0.3 is 15.2 Å².